The first-order valence-corrected chi connectivity index (χ1v) is 11.1. The molecule has 2 aromatic rings. The molecule has 152 valence electrons. The normalized spacial score (nSPS) is 16.2. The summed E-state index contributed by atoms with van der Waals surface area (Å²) in [6, 6.07) is 7.49. The van der Waals surface area contributed by atoms with Crippen molar-refractivity contribution in [2.75, 3.05) is 26.2 Å². The minimum absolute atomic E-state index is 0.0351. The SMILES string of the molecule is Cc1nc(S(=O)(=O)N2CCCN(C(=O)CCc3cccc(Cl)c3)CC2)cn1C. The fraction of sp³-hybridized carbons (Fsp3) is 0.474. The second kappa shape index (κ2) is 8.63. The van der Waals surface area contributed by atoms with Gasteiger partial charge in [0.2, 0.25) is 5.91 Å². The van der Waals surface area contributed by atoms with Crippen molar-refractivity contribution in [1.29, 1.82) is 0 Å². The maximum atomic E-state index is 12.9. The van der Waals surface area contributed by atoms with Crippen LogP contribution in [0.1, 0.15) is 24.2 Å². The Morgan fingerprint density at radius 3 is 2.68 bits per heavy atom. The number of hydrogen-bond donors (Lipinski definition) is 0. The van der Waals surface area contributed by atoms with Crippen LogP contribution in [0.4, 0.5) is 0 Å². The van der Waals surface area contributed by atoms with Crippen LogP contribution in [-0.4, -0.2) is 59.3 Å². The number of amides is 1. The molecule has 1 fully saturated rings. The first-order chi connectivity index (χ1) is 13.3. The lowest BCUT2D eigenvalue weighted by atomic mass is 10.1. The monoisotopic (exact) mass is 424 g/mol. The van der Waals surface area contributed by atoms with Gasteiger partial charge in [-0.15, -0.1) is 0 Å². The largest absolute Gasteiger partial charge is 0.341 e. The van der Waals surface area contributed by atoms with Crippen LogP contribution in [0.3, 0.4) is 0 Å². The van der Waals surface area contributed by atoms with Gasteiger partial charge in [0.25, 0.3) is 10.0 Å². The van der Waals surface area contributed by atoms with Crippen molar-refractivity contribution < 1.29 is 13.2 Å². The van der Waals surface area contributed by atoms with E-state index in [2.05, 4.69) is 4.98 Å². The van der Waals surface area contributed by atoms with Crippen molar-refractivity contribution in [3.8, 4) is 0 Å². The molecular formula is C19H25ClN4O3S. The molecule has 0 atom stereocenters. The summed E-state index contributed by atoms with van der Waals surface area (Å²) in [7, 11) is -1.88. The fourth-order valence-corrected chi connectivity index (χ4v) is 4.98. The van der Waals surface area contributed by atoms with E-state index in [1.165, 1.54) is 10.5 Å². The number of rotatable bonds is 5. The molecule has 1 aromatic carbocycles. The molecule has 0 aliphatic carbocycles. The first kappa shape index (κ1) is 20.8. The van der Waals surface area contributed by atoms with Gasteiger partial charge in [-0.05, 0) is 37.5 Å². The molecule has 0 radical (unpaired) electrons. The van der Waals surface area contributed by atoms with E-state index in [-0.39, 0.29) is 17.5 Å². The molecular weight excluding hydrogens is 400 g/mol. The van der Waals surface area contributed by atoms with Crippen LogP contribution >= 0.6 is 11.6 Å². The van der Waals surface area contributed by atoms with Crippen molar-refractivity contribution >= 4 is 27.5 Å². The highest BCUT2D eigenvalue weighted by atomic mass is 35.5. The summed E-state index contributed by atoms with van der Waals surface area (Å²) < 4.78 is 28.8. The molecule has 1 aliphatic heterocycles. The minimum atomic E-state index is -3.65. The van der Waals surface area contributed by atoms with Crippen LogP contribution in [-0.2, 0) is 28.3 Å². The fourth-order valence-electron chi connectivity index (χ4n) is 3.27. The first-order valence-electron chi connectivity index (χ1n) is 9.30. The number of aryl methyl sites for hydroxylation is 3. The topological polar surface area (TPSA) is 75.5 Å². The number of halogens is 1. The third kappa shape index (κ3) is 4.74. The highest BCUT2D eigenvalue weighted by molar-refractivity contribution is 7.89. The second-order valence-corrected chi connectivity index (χ2v) is 9.33. The molecule has 1 amide bonds. The van der Waals surface area contributed by atoms with Crippen molar-refractivity contribution in [2.24, 2.45) is 7.05 Å². The number of aromatic nitrogens is 2. The molecule has 28 heavy (non-hydrogen) atoms. The van der Waals surface area contributed by atoms with Gasteiger partial charge in [-0.25, -0.2) is 13.4 Å². The van der Waals surface area contributed by atoms with Crippen LogP contribution in [0.15, 0.2) is 35.5 Å². The Morgan fingerprint density at radius 1 is 1.21 bits per heavy atom. The highest BCUT2D eigenvalue weighted by Gasteiger charge is 2.30. The summed E-state index contributed by atoms with van der Waals surface area (Å²) in [6.45, 7) is 3.37. The number of hydrogen-bond acceptors (Lipinski definition) is 4. The van der Waals surface area contributed by atoms with Crippen LogP contribution in [0.25, 0.3) is 0 Å². The molecule has 2 heterocycles. The number of benzene rings is 1. The Kier molecular flexibility index (Phi) is 6.42. The summed E-state index contributed by atoms with van der Waals surface area (Å²) >= 11 is 5.99. The van der Waals surface area contributed by atoms with Gasteiger partial charge in [0.15, 0.2) is 5.03 Å². The smallest absolute Gasteiger partial charge is 0.262 e. The molecule has 0 spiro atoms. The summed E-state index contributed by atoms with van der Waals surface area (Å²) in [5.41, 5.74) is 1.02. The Balaban J connectivity index is 1.60. The van der Waals surface area contributed by atoms with Crippen molar-refractivity contribution in [1.82, 2.24) is 18.8 Å². The lowest BCUT2D eigenvalue weighted by molar-refractivity contribution is -0.131. The summed E-state index contributed by atoms with van der Waals surface area (Å²) in [5.74, 6) is 0.680. The van der Waals surface area contributed by atoms with E-state index in [1.54, 1.807) is 29.5 Å². The number of imidazole rings is 1. The second-order valence-electron chi connectivity index (χ2n) is 7.01. The third-order valence-corrected chi connectivity index (χ3v) is 7.02. The molecule has 0 saturated carbocycles. The van der Waals surface area contributed by atoms with Gasteiger partial charge in [0, 0.05) is 50.9 Å². The molecule has 0 N–H and O–H groups in total. The Morgan fingerprint density at radius 2 is 2.00 bits per heavy atom. The van der Waals surface area contributed by atoms with Gasteiger partial charge in [-0.2, -0.15) is 4.31 Å². The molecule has 9 heteroatoms. The summed E-state index contributed by atoms with van der Waals surface area (Å²) in [4.78, 5) is 18.5. The van der Waals surface area contributed by atoms with Crippen LogP contribution in [0.2, 0.25) is 5.02 Å². The summed E-state index contributed by atoms with van der Waals surface area (Å²) in [6.07, 6.45) is 3.13. The van der Waals surface area contributed by atoms with Gasteiger partial charge < -0.3 is 9.47 Å². The predicted octanol–water partition coefficient (Wildman–Crippen LogP) is 2.24. The maximum absolute atomic E-state index is 12.9. The molecule has 1 aromatic heterocycles. The van der Waals surface area contributed by atoms with Gasteiger partial charge in [-0.1, -0.05) is 23.7 Å². The Bertz CT molecular complexity index is 938. The number of carbonyl (C=O) groups excluding carboxylic acids is 1. The third-order valence-electron chi connectivity index (χ3n) is 5.01. The highest BCUT2D eigenvalue weighted by Crippen LogP contribution is 2.18. The zero-order chi connectivity index (χ0) is 20.3. The van der Waals surface area contributed by atoms with E-state index in [4.69, 9.17) is 11.6 Å². The van der Waals surface area contributed by atoms with Crippen molar-refractivity contribution in [2.45, 2.75) is 31.2 Å². The van der Waals surface area contributed by atoms with E-state index in [9.17, 15) is 13.2 Å². The molecule has 0 unspecified atom stereocenters. The van der Waals surface area contributed by atoms with Crippen LogP contribution in [0.5, 0.6) is 0 Å². The lowest BCUT2D eigenvalue weighted by Crippen LogP contribution is -2.37. The average Bonchev–Trinajstić information content (AvgIpc) is 2.86. The molecule has 7 nitrogen and oxygen atoms in total. The molecule has 3 rings (SSSR count). The standard InChI is InChI=1S/C19H25ClN4O3S/c1-15-21-18(14-22(15)2)28(26,27)24-10-4-9-23(11-12-24)19(25)8-7-16-5-3-6-17(20)13-16/h3,5-6,13-14H,4,7-12H2,1-2H3. The van der Waals surface area contributed by atoms with Crippen LogP contribution in [0, 0.1) is 6.92 Å². The Hall–Kier alpha value is -1.90. The molecule has 1 saturated heterocycles. The summed E-state index contributed by atoms with van der Waals surface area (Å²) in [5, 5.41) is 0.721. The zero-order valence-electron chi connectivity index (χ0n) is 16.1. The average molecular weight is 425 g/mol. The van der Waals surface area contributed by atoms with Gasteiger partial charge in [0.1, 0.15) is 5.82 Å². The van der Waals surface area contributed by atoms with Gasteiger partial charge in [-0.3, -0.25) is 4.79 Å². The van der Waals surface area contributed by atoms with Gasteiger partial charge >= 0.3 is 0 Å². The van der Waals surface area contributed by atoms with E-state index in [1.807, 2.05) is 18.2 Å². The lowest BCUT2D eigenvalue weighted by Gasteiger charge is -2.21. The maximum Gasteiger partial charge on any atom is 0.262 e. The van der Waals surface area contributed by atoms with Crippen molar-refractivity contribution in [3.05, 3.63) is 46.9 Å². The molecule has 1 aliphatic rings. The van der Waals surface area contributed by atoms with E-state index in [0.29, 0.717) is 49.7 Å². The van der Waals surface area contributed by atoms with E-state index >= 15 is 0 Å². The van der Waals surface area contributed by atoms with Gasteiger partial charge in [0.05, 0.1) is 0 Å². The molecule has 0 bridgehead atoms. The predicted molar refractivity (Wildman–Crippen MR) is 108 cm³/mol. The Labute approximate surface area is 171 Å². The zero-order valence-corrected chi connectivity index (χ0v) is 17.7. The van der Waals surface area contributed by atoms with Crippen LogP contribution < -0.4 is 0 Å². The number of sulfonamides is 1. The van der Waals surface area contributed by atoms with Crippen molar-refractivity contribution in [3.63, 3.8) is 0 Å². The number of carbonyl (C=O) groups is 1. The quantitative estimate of drug-likeness (QED) is 0.737. The number of nitrogens with zero attached hydrogens (tertiary/aromatic N) is 4. The van der Waals surface area contributed by atoms with E-state index < -0.39 is 10.0 Å². The van der Waals surface area contributed by atoms with E-state index in [0.717, 1.165) is 5.56 Å². The minimum Gasteiger partial charge on any atom is -0.341 e.